The van der Waals surface area contributed by atoms with Crippen molar-refractivity contribution < 1.29 is 0 Å². The van der Waals surface area contributed by atoms with Crippen LogP contribution in [0.25, 0.3) is 5.69 Å². The highest BCUT2D eigenvalue weighted by Gasteiger charge is 2.29. The van der Waals surface area contributed by atoms with Gasteiger partial charge < -0.3 is 5.73 Å². The lowest BCUT2D eigenvalue weighted by molar-refractivity contribution is 0.770. The number of hydrogen-bond acceptors (Lipinski definition) is 3. The Bertz CT molecular complexity index is 543. The molecule has 1 aromatic carbocycles. The highest BCUT2D eigenvalue weighted by atomic mass is 35.5. The van der Waals surface area contributed by atoms with Gasteiger partial charge in [0.2, 0.25) is 0 Å². The normalized spacial score (nSPS) is 15.0. The van der Waals surface area contributed by atoms with Crippen LogP contribution in [0.15, 0.2) is 24.3 Å². The van der Waals surface area contributed by atoms with Crippen LogP contribution in [0.4, 0.5) is 0 Å². The third kappa shape index (κ3) is 2.26. The molecule has 0 aliphatic heterocycles. The first-order valence-electron chi connectivity index (χ1n) is 6.20. The van der Waals surface area contributed by atoms with E-state index in [1.54, 1.807) is 0 Å². The highest BCUT2D eigenvalue weighted by molar-refractivity contribution is 6.30. The van der Waals surface area contributed by atoms with Crippen LogP contribution in [0.3, 0.4) is 0 Å². The van der Waals surface area contributed by atoms with Crippen molar-refractivity contribution in [3.8, 4) is 5.69 Å². The van der Waals surface area contributed by atoms with Crippen molar-refractivity contribution in [1.29, 1.82) is 0 Å². The molecule has 1 fully saturated rings. The molecule has 3 rings (SSSR count). The molecule has 1 aromatic heterocycles. The standard InChI is InChI=1S/C13H15ClN4/c14-10-3-5-11(6-4-10)18-12(7-8-15)16-13(17-18)9-1-2-9/h3-6,9H,1-2,7-8,15H2. The molecule has 0 unspecified atom stereocenters. The predicted octanol–water partition coefficient (Wildman–Crippen LogP) is 2.30. The van der Waals surface area contributed by atoms with Gasteiger partial charge in [0.05, 0.1) is 5.69 Å². The molecule has 0 saturated heterocycles. The Morgan fingerprint density at radius 2 is 2.00 bits per heavy atom. The summed E-state index contributed by atoms with van der Waals surface area (Å²) in [5.41, 5.74) is 6.62. The van der Waals surface area contributed by atoms with Crippen LogP contribution in [0.2, 0.25) is 5.02 Å². The first kappa shape index (κ1) is 11.7. The van der Waals surface area contributed by atoms with Crippen LogP contribution >= 0.6 is 11.6 Å². The predicted molar refractivity (Wildman–Crippen MR) is 71.1 cm³/mol. The zero-order chi connectivity index (χ0) is 12.5. The van der Waals surface area contributed by atoms with E-state index in [2.05, 4.69) is 10.1 Å². The number of rotatable bonds is 4. The minimum Gasteiger partial charge on any atom is -0.330 e. The van der Waals surface area contributed by atoms with Gasteiger partial charge in [0.15, 0.2) is 5.82 Å². The van der Waals surface area contributed by atoms with E-state index < -0.39 is 0 Å². The van der Waals surface area contributed by atoms with Gasteiger partial charge in [0.1, 0.15) is 5.82 Å². The number of hydrogen-bond donors (Lipinski definition) is 1. The van der Waals surface area contributed by atoms with E-state index >= 15 is 0 Å². The first-order valence-corrected chi connectivity index (χ1v) is 6.57. The molecule has 1 aliphatic carbocycles. The summed E-state index contributed by atoms with van der Waals surface area (Å²) >= 11 is 5.90. The van der Waals surface area contributed by atoms with Gasteiger partial charge in [0.25, 0.3) is 0 Å². The minimum absolute atomic E-state index is 0.551. The molecule has 1 aliphatic rings. The second kappa shape index (κ2) is 4.71. The van der Waals surface area contributed by atoms with Crippen molar-refractivity contribution in [3.63, 3.8) is 0 Å². The lowest BCUT2D eigenvalue weighted by Crippen LogP contribution is -2.09. The molecule has 1 heterocycles. The van der Waals surface area contributed by atoms with E-state index in [4.69, 9.17) is 17.3 Å². The largest absolute Gasteiger partial charge is 0.330 e. The summed E-state index contributed by atoms with van der Waals surface area (Å²) in [6.07, 6.45) is 3.14. The topological polar surface area (TPSA) is 56.7 Å². The molecule has 1 saturated carbocycles. The second-order valence-electron chi connectivity index (χ2n) is 4.59. The van der Waals surface area contributed by atoms with E-state index in [0.29, 0.717) is 12.5 Å². The van der Waals surface area contributed by atoms with E-state index in [9.17, 15) is 0 Å². The van der Waals surface area contributed by atoms with Crippen molar-refractivity contribution in [2.24, 2.45) is 5.73 Å². The van der Waals surface area contributed by atoms with Crippen molar-refractivity contribution in [1.82, 2.24) is 14.8 Å². The summed E-state index contributed by atoms with van der Waals surface area (Å²) in [5, 5.41) is 5.32. The summed E-state index contributed by atoms with van der Waals surface area (Å²) in [4.78, 5) is 4.60. The number of aromatic nitrogens is 3. The van der Waals surface area contributed by atoms with Gasteiger partial charge in [-0.05, 0) is 43.7 Å². The lowest BCUT2D eigenvalue weighted by atomic mass is 10.3. The van der Waals surface area contributed by atoms with Gasteiger partial charge in [-0.25, -0.2) is 9.67 Å². The SMILES string of the molecule is NCCc1nc(C2CC2)nn1-c1ccc(Cl)cc1. The first-order chi connectivity index (χ1) is 8.78. The van der Waals surface area contributed by atoms with Crippen LogP contribution in [0.5, 0.6) is 0 Å². The third-order valence-electron chi connectivity index (χ3n) is 3.07. The second-order valence-corrected chi connectivity index (χ2v) is 5.02. The number of nitrogens with two attached hydrogens (primary N) is 1. The van der Waals surface area contributed by atoms with Gasteiger partial charge in [0, 0.05) is 17.4 Å². The van der Waals surface area contributed by atoms with Crippen molar-refractivity contribution >= 4 is 11.6 Å². The Morgan fingerprint density at radius 1 is 1.28 bits per heavy atom. The fourth-order valence-corrected chi connectivity index (χ4v) is 2.08. The van der Waals surface area contributed by atoms with Crippen molar-refractivity contribution in [2.75, 3.05) is 6.54 Å². The Hall–Kier alpha value is -1.39. The number of benzene rings is 1. The molecule has 5 heteroatoms. The fraction of sp³-hybridized carbons (Fsp3) is 0.385. The molecule has 4 nitrogen and oxygen atoms in total. The average Bonchev–Trinajstić information content (AvgIpc) is 3.13. The average molecular weight is 263 g/mol. The molecule has 0 bridgehead atoms. The zero-order valence-electron chi connectivity index (χ0n) is 10.0. The Morgan fingerprint density at radius 3 is 2.61 bits per heavy atom. The Balaban J connectivity index is 2.00. The summed E-state index contributed by atoms with van der Waals surface area (Å²) in [6.45, 7) is 0.580. The lowest BCUT2D eigenvalue weighted by Gasteiger charge is -2.04. The van der Waals surface area contributed by atoms with Crippen molar-refractivity contribution in [3.05, 3.63) is 40.9 Å². The quantitative estimate of drug-likeness (QED) is 0.920. The van der Waals surface area contributed by atoms with Gasteiger partial charge in [-0.3, -0.25) is 0 Å². The Labute approximate surface area is 111 Å². The maximum Gasteiger partial charge on any atom is 0.154 e. The zero-order valence-corrected chi connectivity index (χ0v) is 10.8. The monoisotopic (exact) mass is 262 g/mol. The molecule has 0 amide bonds. The van der Waals surface area contributed by atoms with Crippen LogP contribution in [0, 0.1) is 0 Å². The molecule has 0 spiro atoms. The molecular formula is C13H15ClN4. The van der Waals surface area contributed by atoms with E-state index in [0.717, 1.165) is 28.8 Å². The third-order valence-corrected chi connectivity index (χ3v) is 3.32. The minimum atomic E-state index is 0.551. The molecule has 2 aromatic rings. The summed E-state index contributed by atoms with van der Waals surface area (Å²) in [7, 11) is 0. The number of halogens is 1. The highest BCUT2D eigenvalue weighted by Crippen LogP contribution is 2.38. The summed E-state index contributed by atoms with van der Waals surface area (Å²) in [6, 6.07) is 7.63. The van der Waals surface area contributed by atoms with Crippen LogP contribution in [-0.2, 0) is 6.42 Å². The van der Waals surface area contributed by atoms with Crippen LogP contribution in [0.1, 0.15) is 30.4 Å². The Kier molecular flexibility index (Phi) is 3.06. The molecule has 18 heavy (non-hydrogen) atoms. The number of nitrogens with zero attached hydrogens (tertiary/aromatic N) is 3. The molecule has 0 atom stereocenters. The molecular weight excluding hydrogens is 248 g/mol. The van der Waals surface area contributed by atoms with E-state index in [-0.39, 0.29) is 0 Å². The maximum absolute atomic E-state index is 5.90. The van der Waals surface area contributed by atoms with Gasteiger partial charge >= 0.3 is 0 Å². The maximum atomic E-state index is 5.90. The van der Waals surface area contributed by atoms with Crippen LogP contribution in [-0.4, -0.2) is 21.3 Å². The summed E-state index contributed by atoms with van der Waals surface area (Å²) in [5.74, 6) is 2.44. The molecule has 0 radical (unpaired) electrons. The fourth-order valence-electron chi connectivity index (χ4n) is 1.96. The van der Waals surface area contributed by atoms with Gasteiger partial charge in [-0.15, -0.1) is 0 Å². The smallest absolute Gasteiger partial charge is 0.154 e. The molecule has 2 N–H and O–H groups in total. The summed E-state index contributed by atoms with van der Waals surface area (Å²) < 4.78 is 1.89. The van der Waals surface area contributed by atoms with Gasteiger partial charge in [-0.2, -0.15) is 5.10 Å². The van der Waals surface area contributed by atoms with Gasteiger partial charge in [-0.1, -0.05) is 11.6 Å². The van der Waals surface area contributed by atoms with Crippen molar-refractivity contribution in [2.45, 2.75) is 25.2 Å². The van der Waals surface area contributed by atoms with E-state index in [1.807, 2.05) is 28.9 Å². The molecule has 94 valence electrons. The van der Waals surface area contributed by atoms with Crippen LogP contribution < -0.4 is 5.73 Å². The van der Waals surface area contributed by atoms with E-state index in [1.165, 1.54) is 12.8 Å².